The first-order valence-corrected chi connectivity index (χ1v) is 6.93. The molecule has 2 aliphatic heterocycles. The van der Waals surface area contributed by atoms with Gasteiger partial charge >= 0.3 is 5.97 Å². The Bertz CT molecular complexity index is 648. The molecule has 0 radical (unpaired) electrons. The lowest BCUT2D eigenvalue weighted by molar-refractivity contribution is -0.146. The molecule has 1 aromatic rings. The highest BCUT2D eigenvalue weighted by atomic mass is 16.7. The van der Waals surface area contributed by atoms with Crippen molar-refractivity contribution in [1.29, 1.82) is 0 Å². The second-order valence-corrected chi connectivity index (χ2v) is 5.74. The first kappa shape index (κ1) is 13.8. The lowest BCUT2D eigenvalue weighted by Gasteiger charge is -2.46. The summed E-state index contributed by atoms with van der Waals surface area (Å²) in [5.41, 5.74) is 6.48. The van der Waals surface area contributed by atoms with E-state index in [1.165, 1.54) is 6.07 Å². The number of carbonyl (C=O) groups excluding carboxylic acids is 1. The van der Waals surface area contributed by atoms with Gasteiger partial charge in [0, 0.05) is 0 Å². The van der Waals surface area contributed by atoms with Crippen molar-refractivity contribution in [1.82, 2.24) is 0 Å². The lowest BCUT2D eigenvalue weighted by atomic mass is 9.71. The number of aliphatic hydroxyl groups is 3. The number of esters is 1. The molecule has 3 aliphatic rings. The summed E-state index contributed by atoms with van der Waals surface area (Å²) in [6, 6.07) is 2.04. The fourth-order valence-electron chi connectivity index (χ4n) is 3.37. The topological polar surface area (TPSA) is 131 Å². The highest BCUT2D eigenvalue weighted by Gasteiger charge is 2.53. The van der Waals surface area contributed by atoms with Crippen molar-refractivity contribution in [2.75, 3.05) is 6.79 Å². The zero-order valence-electron chi connectivity index (χ0n) is 11.4. The van der Waals surface area contributed by atoms with Crippen LogP contribution in [0.15, 0.2) is 12.1 Å². The van der Waals surface area contributed by atoms with Crippen molar-refractivity contribution in [2.24, 2.45) is 5.73 Å². The molecule has 4 rings (SSSR count). The van der Waals surface area contributed by atoms with Gasteiger partial charge in [-0.3, -0.25) is 0 Å². The van der Waals surface area contributed by atoms with Gasteiger partial charge in [0.15, 0.2) is 11.5 Å². The molecule has 1 fully saturated rings. The largest absolute Gasteiger partial charge is 0.455 e. The molecule has 1 aliphatic carbocycles. The number of ether oxygens (including phenoxy) is 3. The molecule has 2 heterocycles. The molecule has 6 atom stereocenters. The highest BCUT2D eigenvalue weighted by Crippen LogP contribution is 2.45. The second kappa shape index (κ2) is 4.56. The molecule has 1 saturated carbocycles. The van der Waals surface area contributed by atoms with E-state index in [1.807, 2.05) is 0 Å². The molecular weight excluding hydrogens is 294 g/mol. The molecule has 0 aromatic heterocycles. The third-order valence-corrected chi connectivity index (χ3v) is 4.56. The number of nitrogens with two attached hydrogens (primary N) is 1. The van der Waals surface area contributed by atoms with Gasteiger partial charge in [-0.2, -0.15) is 0 Å². The normalized spacial score (nSPS) is 39.0. The monoisotopic (exact) mass is 309 g/mol. The predicted molar refractivity (Wildman–Crippen MR) is 70.5 cm³/mol. The minimum absolute atomic E-state index is 0.0464. The Balaban J connectivity index is 1.86. The summed E-state index contributed by atoms with van der Waals surface area (Å²) in [5, 5.41) is 30.4. The van der Waals surface area contributed by atoms with E-state index in [4.69, 9.17) is 19.9 Å². The number of carbonyl (C=O) groups is 1. The predicted octanol–water partition coefficient (Wildman–Crippen LogP) is -1.54. The van der Waals surface area contributed by atoms with Gasteiger partial charge in [-0.15, -0.1) is 0 Å². The van der Waals surface area contributed by atoms with Crippen LogP contribution in [0.5, 0.6) is 11.5 Å². The van der Waals surface area contributed by atoms with Gasteiger partial charge in [-0.25, -0.2) is 4.79 Å². The average Bonchev–Trinajstić information content (AvgIpc) is 2.96. The Morgan fingerprint density at radius 2 is 1.73 bits per heavy atom. The summed E-state index contributed by atoms with van der Waals surface area (Å²) < 4.78 is 15.7. The van der Waals surface area contributed by atoms with Crippen LogP contribution in [0.3, 0.4) is 0 Å². The maximum atomic E-state index is 12.2. The smallest absolute Gasteiger partial charge is 0.338 e. The van der Waals surface area contributed by atoms with Crippen molar-refractivity contribution in [3.05, 3.63) is 23.3 Å². The van der Waals surface area contributed by atoms with Crippen LogP contribution >= 0.6 is 0 Å². The van der Waals surface area contributed by atoms with Crippen LogP contribution < -0.4 is 15.2 Å². The van der Waals surface area contributed by atoms with Crippen molar-refractivity contribution in [3.8, 4) is 11.5 Å². The molecule has 0 spiro atoms. The minimum Gasteiger partial charge on any atom is -0.455 e. The van der Waals surface area contributed by atoms with Crippen LogP contribution in [0.1, 0.15) is 21.8 Å². The summed E-state index contributed by atoms with van der Waals surface area (Å²) in [6.45, 7) is 0.0464. The van der Waals surface area contributed by atoms with Gasteiger partial charge in [0.25, 0.3) is 0 Å². The van der Waals surface area contributed by atoms with Gasteiger partial charge in [-0.1, -0.05) is 0 Å². The summed E-state index contributed by atoms with van der Waals surface area (Å²) in [4.78, 5) is 12.2. The van der Waals surface area contributed by atoms with Crippen molar-refractivity contribution < 1.29 is 34.3 Å². The molecule has 0 saturated heterocycles. The van der Waals surface area contributed by atoms with Gasteiger partial charge in [0.2, 0.25) is 6.79 Å². The zero-order valence-corrected chi connectivity index (χ0v) is 11.4. The number of hydrogen-bond acceptors (Lipinski definition) is 8. The molecule has 0 bridgehead atoms. The maximum Gasteiger partial charge on any atom is 0.338 e. The Morgan fingerprint density at radius 1 is 1.05 bits per heavy atom. The summed E-state index contributed by atoms with van der Waals surface area (Å²) in [5.74, 6) is -0.517. The number of hydrogen-bond donors (Lipinski definition) is 4. The maximum absolute atomic E-state index is 12.2. The molecule has 1 aromatic carbocycles. The quantitative estimate of drug-likeness (QED) is 0.424. The van der Waals surface area contributed by atoms with Crippen LogP contribution in [-0.2, 0) is 4.74 Å². The first-order chi connectivity index (χ1) is 10.5. The van der Waals surface area contributed by atoms with E-state index >= 15 is 0 Å². The fraction of sp³-hybridized carbons (Fsp3) is 0.500. The molecule has 0 unspecified atom stereocenters. The standard InChI is InChI=1S/C14H15NO7/c15-9-10(16)8-4-1-6-7(21-3-20-6)2-5(4)14(19)22-13(8)12(18)11(9)17/h1-2,8-13,16-18H,3,15H2/t8-,9-,10+,11+,12+,13+/m1/s1. The van der Waals surface area contributed by atoms with E-state index in [1.54, 1.807) is 6.07 Å². The van der Waals surface area contributed by atoms with Crippen LogP contribution in [0.25, 0.3) is 0 Å². The van der Waals surface area contributed by atoms with E-state index in [9.17, 15) is 20.1 Å². The Morgan fingerprint density at radius 3 is 2.45 bits per heavy atom. The SMILES string of the molecule is N[C@@H]1[C@@H](O)[C@H]2c3cc4c(cc3C(=O)O[C@@H]2[C@@H](O)[C@H]1O)OCO4. The molecule has 5 N–H and O–H groups in total. The lowest BCUT2D eigenvalue weighted by Crippen LogP contribution is -2.65. The van der Waals surface area contributed by atoms with Gasteiger partial charge in [0.1, 0.15) is 18.3 Å². The number of benzene rings is 1. The summed E-state index contributed by atoms with van der Waals surface area (Å²) in [6.07, 6.45) is -4.98. The third kappa shape index (κ3) is 1.69. The van der Waals surface area contributed by atoms with E-state index in [2.05, 4.69) is 0 Å². The highest BCUT2D eigenvalue weighted by molar-refractivity contribution is 5.94. The zero-order chi connectivity index (χ0) is 15.6. The fourth-order valence-corrected chi connectivity index (χ4v) is 3.37. The molecule has 8 nitrogen and oxygen atoms in total. The summed E-state index contributed by atoms with van der Waals surface area (Å²) in [7, 11) is 0. The Kier molecular flexibility index (Phi) is 2.85. The van der Waals surface area contributed by atoms with Gasteiger partial charge in [0.05, 0.1) is 23.6 Å². The van der Waals surface area contributed by atoms with Crippen LogP contribution in [-0.4, -0.2) is 58.5 Å². The summed E-state index contributed by atoms with van der Waals surface area (Å²) >= 11 is 0. The molecular formula is C14H15NO7. The Labute approximate surface area is 125 Å². The van der Waals surface area contributed by atoms with E-state index in [0.717, 1.165) is 0 Å². The number of aliphatic hydroxyl groups excluding tert-OH is 3. The minimum atomic E-state index is -1.38. The van der Waals surface area contributed by atoms with Crippen molar-refractivity contribution in [2.45, 2.75) is 36.4 Å². The third-order valence-electron chi connectivity index (χ3n) is 4.56. The number of fused-ring (bicyclic) bond motifs is 4. The van der Waals surface area contributed by atoms with Crippen molar-refractivity contribution in [3.63, 3.8) is 0 Å². The van der Waals surface area contributed by atoms with E-state index in [0.29, 0.717) is 17.1 Å². The van der Waals surface area contributed by atoms with E-state index < -0.39 is 42.3 Å². The average molecular weight is 309 g/mol. The van der Waals surface area contributed by atoms with Crippen molar-refractivity contribution >= 4 is 5.97 Å². The first-order valence-electron chi connectivity index (χ1n) is 6.93. The second-order valence-electron chi connectivity index (χ2n) is 5.74. The number of rotatable bonds is 0. The van der Waals surface area contributed by atoms with Gasteiger partial charge < -0.3 is 35.3 Å². The van der Waals surface area contributed by atoms with Crippen LogP contribution in [0.2, 0.25) is 0 Å². The van der Waals surface area contributed by atoms with Crippen LogP contribution in [0, 0.1) is 0 Å². The van der Waals surface area contributed by atoms with Gasteiger partial charge in [-0.05, 0) is 17.7 Å². The molecule has 22 heavy (non-hydrogen) atoms. The molecule has 0 amide bonds. The molecule has 118 valence electrons. The van der Waals surface area contributed by atoms with Crippen LogP contribution in [0.4, 0.5) is 0 Å². The Hall–Kier alpha value is -1.87. The van der Waals surface area contributed by atoms with E-state index in [-0.39, 0.29) is 12.4 Å². The molecule has 8 heteroatoms.